The smallest absolute Gasteiger partial charge is 0.280 e. The second kappa shape index (κ2) is 10.1. The fraction of sp³-hybridized carbons (Fsp3) is 0.138. The lowest BCUT2D eigenvalue weighted by Crippen LogP contribution is -2.35. The number of furan rings is 1. The van der Waals surface area contributed by atoms with Gasteiger partial charge in [0.15, 0.2) is 0 Å². The molecule has 0 aliphatic carbocycles. The number of hydrazone groups is 1. The maximum atomic E-state index is 13.7. The summed E-state index contributed by atoms with van der Waals surface area (Å²) < 4.78 is 34.8. The van der Waals surface area contributed by atoms with Gasteiger partial charge >= 0.3 is 0 Å². The second-order valence-corrected chi connectivity index (χ2v) is 12.0. The van der Waals surface area contributed by atoms with Gasteiger partial charge in [-0.3, -0.25) is 9.10 Å². The molecule has 1 aliphatic heterocycles. The molecule has 0 atom stereocenters. The molecule has 0 bridgehead atoms. The fourth-order valence-electron chi connectivity index (χ4n) is 4.55. The van der Waals surface area contributed by atoms with Gasteiger partial charge in [-0.1, -0.05) is 35.6 Å². The lowest BCUT2D eigenvalue weighted by atomic mass is 10.0. The number of carbonyl (C=O) groups is 1. The van der Waals surface area contributed by atoms with Crippen LogP contribution in [0.15, 0.2) is 99.5 Å². The Morgan fingerprint density at radius 2 is 1.90 bits per heavy atom. The highest BCUT2D eigenvalue weighted by Gasteiger charge is 2.29. The van der Waals surface area contributed by atoms with Gasteiger partial charge in [0.25, 0.3) is 15.9 Å². The Kier molecular flexibility index (Phi) is 6.49. The van der Waals surface area contributed by atoms with Gasteiger partial charge in [-0.15, -0.1) is 0 Å². The predicted molar refractivity (Wildman–Crippen MR) is 153 cm³/mol. The van der Waals surface area contributed by atoms with E-state index < -0.39 is 15.9 Å². The maximum absolute atomic E-state index is 13.7. The first-order valence-corrected chi connectivity index (χ1v) is 14.7. The molecular weight excluding hydrogens is 532 g/mol. The number of fused-ring (bicyclic) bond motifs is 2. The molecule has 0 saturated heterocycles. The summed E-state index contributed by atoms with van der Waals surface area (Å²) in [6.45, 7) is 2.40. The van der Waals surface area contributed by atoms with Gasteiger partial charge in [0.05, 0.1) is 33.3 Å². The summed E-state index contributed by atoms with van der Waals surface area (Å²) in [6, 6.07) is 22.8. The summed E-state index contributed by atoms with van der Waals surface area (Å²) >= 11 is 1.35. The van der Waals surface area contributed by atoms with Crippen LogP contribution in [0.25, 0.3) is 10.2 Å². The number of para-hydroxylation sites is 1. The van der Waals surface area contributed by atoms with Crippen LogP contribution in [0.5, 0.6) is 0 Å². The molecule has 0 spiro atoms. The minimum Gasteiger partial charge on any atom is -0.463 e. The highest BCUT2D eigenvalue weighted by atomic mass is 32.2. The first-order chi connectivity index (χ1) is 18.9. The van der Waals surface area contributed by atoms with Crippen molar-refractivity contribution in [2.75, 3.05) is 15.9 Å². The number of thiazole rings is 1. The Labute approximate surface area is 229 Å². The first-order valence-electron chi connectivity index (χ1n) is 12.4. The predicted octanol–water partition coefficient (Wildman–Crippen LogP) is 6.02. The zero-order valence-electron chi connectivity index (χ0n) is 21.0. The van der Waals surface area contributed by atoms with Crippen molar-refractivity contribution in [1.29, 1.82) is 0 Å². The van der Waals surface area contributed by atoms with Crippen LogP contribution in [0.2, 0.25) is 0 Å². The van der Waals surface area contributed by atoms with E-state index in [4.69, 9.17) is 4.42 Å². The monoisotopic (exact) mass is 556 g/mol. The number of rotatable bonds is 6. The third-order valence-electron chi connectivity index (χ3n) is 6.51. The number of anilines is 2. The van der Waals surface area contributed by atoms with Crippen LogP contribution in [0.1, 0.15) is 33.7 Å². The van der Waals surface area contributed by atoms with Crippen molar-refractivity contribution >= 4 is 54.5 Å². The minimum atomic E-state index is -3.80. The molecule has 0 fully saturated rings. The molecule has 0 unspecified atom stereocenters. The summed E-state index contributed by atoms with van der Waals surface area (Å²) in [7, 11) is -3.80. The summed E-state index contributed by atoms with van der Waals surface area (Å²) in [5, 5.41) is 6.00. The van der Waals surface area contributed by atoms with Gasteiger partial charge in [-0.25, -0.2) is 13.4 Å². The van der Waals surface area contributed by atoms with Gasteiger partial charge in [0, 0.05) is 12.1 Å². The number of sulfonamides is 1. The molecule has 10 heteroatoms. The fourth-order valence-corrected chi connectivity index (χ4v) is 7.11. The third kappa shape index (κ3) is 4.84. The van der Waals surface area contributed by atoms with Crippen LogP contribution in [0.4, 0.5) is 10.8 Å². The highest BCUT2D eigenvalue weighted by Crippen LogP contribution is 2.33. The zero-order chi connectivity index (χ0) is 27.0. The molecule has 39 heavy (non-hydrogen) atoms. The first kappa shape index (κ1) is 25.0. The number of benzene rings is 3. The molecule has 196 valence electrons. The van der Waals surface area contributed by atoms with E-state index in [2.05, 4.69) is 10.1 Å². The minimum absolute atomic E-state index is 0.122. The maximum Gasteiger partial charge on any atom is 0.280 e. The number of aromatic nitrogens is 1. The molecule has 1 aliphatic rings. The van der Waals surface area contributed by atoms with E-state index in [0.717, 1.165) is 34.2 Å². The molecule has 3 aromatic carbocycles. The summed E-state index contributed by atoms with van der Waals surface area (Å²) in [5.74, 6) is 0.0360. The molecule has 0 radical (unpaired) electrons. The van der Waals surface area contributed by atoms with Gasteiger partial charge in [0.1, 0.15) is 5.76 Å². The molecule has 5 aromatic rings. The van der Waals surface area contributed by atoms with E-state index in [-0.39, 0.29) is 10.5 Å². The third-order valence-corrected chi connectivity index (χ3v) is 9.33. The molecule has 6 rings (SSSR count). The lowest BCUT2D eigenvalue weighted by molar-refractivity contribution is 0.0987. The lowest BCUT2D eigenvalue weighted by Gasteiger charge is -2.30. The molecule has 0 N–H and O–H groups in total. The van der Waals surface area contributed by atoms with E-state index in [1.165, 1.54) is 57.4 Å². The van der Waals surface area contributed by atoms with Crippen molar-refractivity contribution in [2.45, 2.75) is 24.7 Å². The standard InChI is InChI=1S/C29H24N4O4S2/c1-20-10-15-25-27(18-20)38-29(31-25)33(30-19-23-8-5-17-37-23)28(34)22-11-13-24(14-12-22)39(35,36)32-16-4-7-21-6-2-3-9-26(21)32/h2-3,5-6,8-15,17-19H,4,7,16H2,1H3/b30-19+. The van der Waals surface area contributed by atoms with E-state index >= 15 is 0 Å². The van der Waals surface area contributed by atoms with Crippen molar-refractivity contribution < 1.29 is 17.6 Å². The van der Waals surface area contributed by atoms with Gasteiger partial charge in [-0.05, 0) is 85.5 Å². The Bertz CT molecular complexity index is 1790. The molecule has 2 aromatic heterocycles. The van der Waals surface area contributed by atoms with Crippen LogP contribution in [-0.4, -0.2) is 32.1 Å². The van der Waals surface area contributed by atoms with Crippen LogP contribution in [-0.2, 0) is 16.4 Å². The number of aryl methyl sites for hydroxylation is 2. The van der Waals surface area contributed by atoms with Crippen LogP contribution in [0.3, 0.4) is 0 Å². The Morgan fingerprint density at radius 3 is 2.69 bits per heavy atom. The van der Waals surface area contributed by atoms with E-state index in [0.29, 0.717) is 23.1 Å². The van der Waals surface area contributed by atoms with Gasteiger partial charge in [-0.2, -0.15) is 10.1 Å². The molecule has 0 saturated carbocycles. The van der Waals surface area contributed by atoms with Crippen LogP contribution >= 0.6 is 11.3 Å². The number of hydrogen-bond acceptors (Lipinski definition) is 7. The molecular formula is C29H24N4O4S2. The molecule has 1 amide bonds. The zero-order valence-corrected chi connectivity index (χ0v) is 22.7. The average Bonchev–Trinajstić information content (AvgIpc) is 3.62. The average molecular weight is 557 g/mol. The second-order valence-electron chi connectivity index (χ2n) is 9.18. The van der Waals surface area contributed by atoms with Crippen LogP contribution < -0.4 is 9.31 Å². The van der Waals surface area contributed by atoms with E-state index in [1.807, 2.05) is 49.4 Å². The van der Waals surface area contributed by atoms with Crippen LogP contribution in [0, 0.1) is 6.92 Å². The highest BCUT2D eigenvalue weighted by molar-refractivity contribution is 7.92. The Morgan fingerprint density at radius 1 is 1.08 bits per heavy atom. The Hall–Kier alpha value is -4.28. The van der Waals surface area contributed by atoms with Crippen molar-refractivity contribution in [2.24, 2.45) is 5.10 Å². The van der Waals surface area contributed by atoms with E-state index in [9.17, 15) is 13.2 Å². The Balaban J connectivity index is 1.33. The van der Waals surface area contributed by atoms with Gasteiger partial charge < -0.3 is 4.42 Å². The summed E-state index contributed by atoms with van der Waals surface area (Å²) in [5.41, 5.74) is 3.83. The topological polar surface area (TPSA) is 96.1 Å². The largest absolute Gasteiger partial charge is 0.463 e. The summed E-state index contributed by atoms with van der Waals surface area (Å²) in [6.07, 6.45) is 4.56. The SMILES string of the molecule is Cc1ccc2nc(N(/N=C/c3ccco3)C(=O)c3ccc(S(=O)(=O)N4CCCc5ccccc54)cc3)sc2c1. The van der Waals surface area contributed by atoms with Crippen molar-refractivity contribution in [3.05, 3.63) is 108 Å². The van der Waals surface area contributed by atoms with Crippen molar-refractivity contribution in [3.63, 3.8) is 0 Å². The number of carbonyl (C=O) groups excluding carboxylic acids is 1. The number of hydrogen-bond donors (Lipinski definition) is 0. The number of amides is 1. The quantitative estimate of drug-likeness (QED) is 0.188. The molecule has 8 nitrogen and oxygen atoms in total. The normalized spacial score (nSPS) is 13.6. The van der Waals surface area contributed by atoms with Crippen molar-refractivity contribution in [1.82, 2.24) is 4.98 Å². The van der Waals surface area contributed by atoms with Gasteiger partial charge in [0.2, 0.25) is 5.13 Å². The van der Waals surface area contributed by atoms with E-state index in [1.54, 1.807) is 12.1 Å². The molecule has 3 heterocycles. The summed E-state index contributed by atoms with van der Waals surface area (Å²) in [4.78, 5) is 18.4. The van der Waals surface area contributed by atoms with Crippen molar-refractivity contribution in [3.8, 4) is 0 Å². The number of nitrogens with zero attached hydrogens (tertiary/aromatic N) is 4.